The highest BCUT2D eigenvalue weighted by molar-refractivity contribution is 9.10. The molecule has 0 saturated heterocycles. The van der Waals surface area contributed by atoms with Crippen LogP contribution in [-0.2, 0) is 16.6 Å². The van der Waals surface area contributed by atoms with Gasteiger partial charge in [0, 0.05) is 29.7 Å². The molecule has 0 aliphatic carbocycles. The van der Waals surface area contributed by atoms with Gasteiger partial charge in [0.1, 0.15) is 10.7 Å². The van der Waals surface area contributed by atoms with Gasteiger partial charge in [-0.2, -0.15) is 4.31 Å². The normalized spacial score (nSPS) is 17.1. The van der Waals surface area contributed by atoms with Crippen LogP contribution in [0.2, 0.25) is 0 Å². The van der Waals surface area contributed by atoms with Crippen molar-refractivity contribution in [3.05, 3.63) is 39.6 Å². The third-order valence-corrected chi connectivity index (χ3v) is 5.64. The van der Waals surface area contributed by atoms with Gasteiger partial charge in [0.2, 0.25) is 10.0 Å². The van der Waals surface area contributed by atoms with Crippen LogP contribution in [0.3, 0.4) is 0 Å². The predicted molar refractivity (Wildman–Crippen MR) is 79.1 cm³/mol. The summed E-state index contributed by atoms with van der Waals surface area (Å²) in [6.45, 7) is 2.55. The first-order chi connectivity index (χ1) is 9.36. The van der Waals surface area contributed by atoms with E-state index in [1.165, 1.54) is 16.4 Å². The Hall–Kier alpha value is -0.760. The predicted octanol–water partition coefficient (Wildman–Crippen LogP) is 2.39. The molecule has 0 spiro atoms. The minimum absolute atomic E-state index is 0.0488. The lowest BCUT2D eigenvalue weighted by Crippen LogP contribution is -2.35. The number of nitrogens with zero attached hydrogens (tertiary/aromatic N) is 1. The third-order valence-electron chi connectivity index (χ3n) is 3.32. The molecule has 20 heavy (non-hydrogen) atoms. The summed E-state index contributed by atoms with van der Waals surface area (Å²) < 4.78 is 41.1. The van der Waals surface area contributed by atoms with Crippen LogP contribution < -0.4 is 5.73 Å². The van der Waals surface area contributed by atoms with E-state index in [1.807, 2.05) is 13.0 Å². The molecular formula is C13H16BrFN2O2S. The topological polar surface area (TPSA) is 63.4 Å². The number of sulfonamides is 1. The van der Waals surface area contributed by atoms with E-state index < -0.39 is 15.8 Å². The van der Waals surface area contributed by atoms with Crippen molar-refractivity contribution in [3.8, 4) is 0 Å². The first-order valence-electron chi connectivity index (χ1n) is 6.20. The van der Waals surface area contributed by atoms with Gasteiger partial charge in [-0.15, -0.1) is 0 Å². The monoisotopic (exact) mass is 362 g/mol. The number of rotatable bonds is 3. The Balaban J connectivity index is 2.47. The largest absolute Gasteiger partial charge is 0.326 e. The SMILES string of the molecule is CC1=CCN(S(=O)(=O)c2cc(Br)cc(CN)c2F)CC1. The summed E-state index contributed by atoms with van der Waals surface area (Å²) in [4.78, 5) is -0.319. The zero-order chi connectivity index (χ0) is 14.9. The first kappa shape index (κ1) is 15.6. The maximum absolute atomic E-state index is 14.3. The summed E-state index contributed by atoms with van der Waals surface area (Å²) in [5, 5.41) is 0. The summed E-state index contributed by atoms with van der Waals surface area (Å²) >= 11 is 3.20. The molecule has 0 amide bonds. The molecule has 0 aromatic heterocycles. The standard InChI is InChI=1S/C13H16BrFN2O2S/c1-9-2-4-17(5-3-9)20(18,19)12-7-11(14)6-10(8-16)13(12)15/h2,6-7H,3-5,8,16H2,1H3. The van der Waals surface area contributed by atoms with Crippen molar-refractivity contribution in [1.82, 2.24) is 4.31 Å². The molecule has 1 aliphatic heterocycles. The molecule has 110 valence electrons. The molecule has 2 N–H and O–H groups in total. The van der Waals surface area contributed by atoms with E-state index in [9.17, 15) is 12.8 Å². The van der Waals surface area contributed by atoms with Crippen molar-refractivity contribution >= 4 is 26.0 Å². The molecule has 0 unspecified atom stereocenters. The molecule has 4 nitrogen and oxygen atoms in total. The van der Waals surface area contributed by atoms with Crippen molar-refractivity contribution in [1.29, 1.82) is 0 Å². The maximum Gasteiger partial charge on any atom is 0.246 e. The van der Waals surface area contributed by atoms with E-state index >= 15 is 0 Å². The van der Waals surface area contributed by atoms with E-state index in [-0.39, 0.29) is 23.5 Å². The molecule has 1 aromatic carbocycles. The lowest BCUT2D eigenvalue weighted by Gasteiger charge is -2.25. The lowest BCUT2D eigenvalue weighted by atomic mass is 10.1. The van der Waals surface area contributed by atoms with Crippen molar-refractivity contribution in [2.45, 2.75) is 24.8 Å². The van der Waals surface area contributed by atoms with Gasteiger partial charge in [0.25, 0.3) is 0 Å². The molecule has 0 atom stereocenters. The van der Waals surface area contributed by atoms with Gasteiger partial charge >= 0.3 is 0 Å². The zero-order valence-corrected chi connectivity index (χ0v) is 13.5. The number of halogens is 2. The highest BCUT2D eigenvalue weighted by Gasteiger charge is 2.29. The summed E-state index contributed by atoms with van der Waals surface area (Å²) in [7, 11) is -3.84. The molecule has 2 rings (SSSR count). The second-order valence-corrected chi connectivity index (χ2v) is 7.57. The summed E-state index contributed by atoms with van der Waals surface area (Å²) in [5.74, 6) is -0.762. The second-order valence-electron chi connectivity index (χ2n) is 4.74. The Morgan fingerprint density at radius 3 is 2.70 bits per heavy atom. The minimum Gasteiger partial charge on any atom is -0.326 e. The fourth-order valence-electron chi connectivity index (χ4n) is 2.06. The van der Waals surface area contributed by atoms with Crippen molar-refractivity contribution in [2.24, 2.45) is 5.73 Å². The van der Waals surface area contributed by atoms with E-state index in [0.717, 1.165) is 5.57 Å². The van der Waals surface area contributed by atoms with Gasteiger partial charge in [-0.05, 0) is 25.5 Å². The Kier molecular flexibility index (Phi) is 4.63. The molecule has 1 aromatic rings. The zero-order valence-electron chi connectivity index (χ0n) is 11.1. The summed E-state index contributed by atoms with van der Waals surface area (Å²) in [6, 6.07) is 2.78. The van der Waals surface area contributed by atoms with Crippen LogP contribution in [0.25, 0.3) is 0 Å². The third kappa shape index (κ3) is 2.95. The average molecular weight is 363 g/mol. The van der Waals surface area contributed by atoms with Crippen LogP contribution in [0.15, 0.2) is 33.2 Å². The Morgan fingerprint density at radius 2 is 2.15 bits per heavy atom. The smallest absolute Gasteiger partial charge is 0.246 e. The average Bonchev–Trinajstić information content (AvgIpc) is 2.41. The molecule has 1 heterocycles. The van der Waals surface area contributed by atoms with Gasteiger partial charge in [-0.1, -0.05) is 27.6 Å². The quantitative estimate of drug-likeness (QED) is 0.839. The lowest BCUT2D eigenvalue weighted by molar-refractivity contribution is 0.426. The number of benzene rings is 1. The maximum atomic E-state index is 14.3. The van der Waals surface area contributed by atoms with E-state index in [4.69, 9.17) is 5.73 Å². The highest BCUT2D eigenvalue weighted by atomic mass is 79.9. The van der Waals surface area contributed by atoms with Crippen molar-refractivity contribution in [2.75, 3.05) is 13.1 Å². The van der Waals surface area contributed by atoms with Crippen molar-refractivity contribution < 1.29 is 12.8 Å². The molecule has 0 fully saturated rings. The van der Waals surface area contributed by atoms with E-state index in [1.54, 1.807) is 0 Å². The van der Waals surface area contributed by atoms with Gasteiger partial charge in [-0.3, -0.25) is 0 Å². The minimum atomic E-state index is -3.84. The fourth-order valence-corrected chi connectivity index (χ4v) is 4.23. The highest BCUT2D eigenvalue weighted by Crippen LogP contribution is 2.27. The van der Waals surface area contributed by atoms with Gasteiger partial charge < -0.3 is 5.73 Å². The molecular weight excluding hydrogens is 347 g/mol. The van der Waals surface area contributed by atoms with Crippen LogP contribution >= 0.6 is 15.9 Å². The fraction of sp³-hybridized carbons (Fsp3) is 0.385. The second kappa shape index (κ2) is 5.93. The van der Waals surface area contributed by atoms with E-state index in [2.05, 4.69) is 15.9 Å². The van der Waals surface area contributed by atoms with E-state index in [0.29, 0.717) is 17.4 Å². The molecule has 0 saturated carbocycles. The Bertz CT molecular complexity index is 659. The van der Waals surface area contributed by atoms with Crippen LogP contribution in [-0.4, -0.2) is 25.8 Å². The van der Waals surface area contributed by atoms with Crippen LogP contribution in [0.5, 0.6) is 0 Å². The molecule has 0 bridgehead atoms. The van der Waals surface area contributed by atoms with Crippen molar-refractivity contribution in [3.63, 3.8) is 0 Å². The summed E-state index contributed by atoms with van der Waals surface area (Å²) in [5.41, 5.74) is 6.78. The molecule has 0 radical (unpaired) electrons. The van der Waals surface area contributed by atoms with Crippen LogP contribution in [0, 0.1) is 5.82 Å². The summed E-state index contributed by atoms with van der Waals surface area (Å²) in [6.07, 6.45) is 2.51. The number of hydrogen-bond donors (Lipinski definition) is 1. The van der Waals surface area contributed by atoms with Gasteiger partial charge in [0.05, 0.1) is 0 Å². The first-order valence-corrected chi connectivity index (χ1v) is 8.43. The van der Waals surface area contributed by atoms with Gasteiger partial charge in [-0.25, -0.2) is 12.8 Å². The number of nitrogens with two attached hydrogens (primary N) is 1. The Labute approximate surface area is 126 Å². The van der Waals surface area contributed by atoms with Crippen LogP contribution in [0.1, 0.15) is 18.9 Å². The number of hydrogen-bond acceptors (Lipinski definition) is 3. The molecule has 7 heteroatoms. The Morgan fingerprint density at radius 1 is 1.45 bits per heavy atom. The molecule has 1 aliphatic rings. The van der Waals surface area contributed by atoms with Gasteiger partial charge in [0.15, 0.2) is 0 Å². The van der Waals surface area contributed by atoms with Crippen LogP contribution in [0.4, 0.5) is 4.39 Å².